The van der Waals surface area contributed by atoms with E-state index in [2.05, 4.69) is 5.10 Å². The van der Waals surface area contributed by atoms with E-state index in [1.54, 1.807) is 16.9 Å². The highest BCUT2D eigenvalue weighted by Gasteiger charge is 2.07. The van der Waals surface area contributed by atoms with E-state index in [9.17, 15) is 0 Å². The van der Waals surface area contributed by atoms with E-state index >= 15 is 0 Å². The van der Waals surface area contributed by atoms with E-state index < -0.39 is 0 Å². The summed E-state index contributed by atoms with van der Waals surface area (Å²) in [5, 5.41) is 4.06. The van der Waals surface area contributed by atoms with Gasteiger partial charge in [0.05, 0.1) is 21.4 Å². The van der Waals surface area contributed by atoms with Gasteiger partial charge in [0, 0.05) is 5.56 Å². The van der Waals surface area contributed by atoms with Crippen LogP contribution in [0.3, 0.4) is 0 Å². The monoisotopic (exact) mass is 247 g/mol. The fourth-order valence-electron chi connectivity index (χ4n) is 1.12. The summed E-state index contributed by atoms with van der Waals surface area (Å²) in [7, 11) is 0. The first-order valence-electron chi connectivity index (χ1n) is 3.88. The summed E-state index contributed by atoms with van der Waals surface area (Å²) in [6.45, 7) is 0.556. The molecule has 2 aromatic rings. The number of anilines is 1. The van der Waals surface area contributed by atoms with Gasteiger partial charge in [-0.05, 0) is 12.1 Å². The highest BCUT2D eigenvalue weighted by Crippen LogP contribution is 2.31. The molecule has 0 aliphatic rings. The quantitative estimate of drug-likeness (QED) is 0.887. The first-order chi connectivity index (χ1) is 6.66. The van der Waals surface area contributed by atoms with Crippen molar-refractivity contribution in [1.82, 2.24) is 9.78 Å². The van der Waals surface area contributed by atoms with Crippen molar-refractivity contribution in [3.63, 3.8) is 0 Å². The maximum absolute atomic E-state index is 5.97. The zero-order valence-corrected chi connectivity index (χ0v) is 9.40. The SMILES string of the molecule is Nc1ccnn1Cc1cc(Cl)sc1Cl. The third-order valence-corrected chi connectivity index (χ3v) is 3.37. The number of thiophene rings is 1. The molecule has 3 nitrogen and oxygen atoms in total. The van der Waals surface area contributed by atoms with E-state index in [1.807, 2.05) is 6.07 Å². The van der Waals surface area contributed by atoms with Gasteiger partial charge in [0.25, 0.3) is 0 Å². The molecule has 0 aromatic carbocycles. The Morgan fingerprint density at radius 1 is 1.50 bits per heavy atom. The Morgan fingerprint density at radius 2 is 2.29 bits per heavy atom. The summed E-state index contributed by atoms with van der Waals surface area (Å²) in [5.41, 5.74) is 6.61. The van der Waals surface area contributed by atoms with Crippen LogP contribution in [0.5, 0.6) is 0 Å². The zero-order chi connectivity index (χ0) is 10.1. The number of hydrogen-bond acceptors (Lipinski definition) is 3. The molecular weight excluding hydrogens is 241 g/mol. The Labute approximate surface area is 95.0 Å². The van der Waals surface area contributed by atoms with Crippen molar-refractivity contribution < 1.29 is 0 Å². The molecule has 0 unspecified atom stereocenters. The minimum atomic E-state index is 0.556. The third-order valence-electron chi connectivity index (χ3n) is 1.80. The number of halogens is 2. The van der Waals surface area contributed by atoms with Gasteiger partial charge in [-0.1, -0.05) is 23.2 Å². The van der Waals surface area contributed by atoms with E-state index in [0.29, 0.717) is 21.0 Å². The predicted molar refractivity (Wildman–Crippen MR) is 60.1 cm³/mol. The van der Waals surface area contributed by atoms with Crippen LogP contribution in [0.4, 0.5) is 5.82 Å². The zero-order valence-electron chi connectivity index (χ0n) is 7.08. The molecule has 0 saturated carbocycles. The second-order valence-electron chi connectivity index (χ2n) is 2.76. The Balaban J connectivity index is 2.27. The molecule has 74 valence electrons. The molecule has 2 N–H and O–H groups in total. The Bertz CT molecular complexity index is 449. The fourth-order valence-corrected chi connectivity index (χ4v) is 2.59. The van der Waals surface area contributed by atoms with Crippen LogP contribution in [0.2, 0.25) is 8.67 Å². The highest BCUT2D eigenvalue weighted by molar-refractivity contribution is 7.20. The maximum atomic E-state index is 5.97. The van der Waals surface area contributed by atoms with Crippen molar-refractivity contribution in [2.24, 2.45) is 0 Å². The van der Waals surface area contributed by atoms with Crippen molar-refractivity contribution in [3.8, 4) is 0 Å². The molecule has 0 atom stereocenters. The summed E-state index contributed by atoms with van der Waals surface area (Å²) < 4.78 is 3.03. The Morgan fingerprint density at radius 3 is 2.79 bits per heavy atom. The van der Waals surface area contributed by atoms with E-state index in [-0.39, 0.29) is 0 Å². The fraction of sp³-hybridized carbons (Fsp3) is 0.125. The third kappa shape index (κ3) is 1.87. The molecule has 0 amide bonds. The van der Waals surface area contributed by atoms with Crippen molar-refractivity contribution in [2.75, 3.05) is 5.73 Å². The molecule has 0 saturated heterocycles. The van der Waals surface area contributed by atoms with Gasteiger partial charge in [-0.3, -0.25) is 0 Å². The van der Waals surface area contributed by atoms with Crippen LogP contribution >= 0.6 is 34.5 Å². The Hall–Kier alpha value is -0.710. The van der Waals surface area contributed by atoms with Crippen molar-refractivity contribution >= 4 is 40.4 Å². The van der Waals surface area contributed by atoms with Crippen LogP contribution < -0.4 is 5.73 Å². The van der Waals surface area contributed by atoms with Gasteiger partial charge in [0.1, 0.15) is 5.82 Å². The molecule has 2 heterocycles. The molecule has 14 heavy (non-hydrogen) atoms. The summed E-state index contributed by atoms with van der Waals surface area (Å²) in [6.07, 6.45) is 1.65. The van der Waals surface area contributed by atoms with Gasteiger partial charge in [0.2, 0.25) is 0 Å². The Kier molecular flexibility index (Phi) is 2.67. The van der Waals surface area contributed by atoms with Crippen molar-refractivity contribution in [2.45, 2.75) is 6.54 Å². The van der Waals surface area contributed by atoms with Gasteiger partial charge >= 0.3 is 0 Å². The van der Waals surface area contributed by atoms with Crippen LogP contribution in [0, 0.1) is 0 Å². The maximum Gasteiger partial charge on any atom is 0.122 e. The number of hydrogen-bond donors (Lipinski definition) is 1. The lowest BCUT2D eigenvalue weighted by Crippen LogP contribution is -2.04. The van der Waals surface area contributed by atoms with E-state index in [0.717, 1.165) is 5.56 Å². The first-order valence-corrected chi connectivity index (χ1v) is 5.45. The number of nitrogen functional groups attached to an aromatic ring is 1. The summed E-state index contributed by atoms with van der Waals surface area (Å²) in [5.74, 6) is 0.614. The van der Waals surface area contributed by atoms with Crippen molar-refractivity contribution in [3.05, 3.63) is 32.6 Å². The minimum Gasteiger partial charge on any atom is -0.384 e. The van der Waals surface area contributed by atoms with Gasteiger partial charge in [-0.2, -0.15) is 5.10 Å². The van der Waals surface area contributed by atoms with Gasteiger partial charge < -0.3 is 5.73 Å². The normalized spacial score (nSPS) is 10.7. The number of aromatic nitrogens is 2. The number of nitrogens with two attached hydrogens (primary N) is 1. The molecule has 2 aromatic heterocycles. The van der Waals surface area contributed by atoms with Gasteiger partial charge in [-0.15, -0.1) is 11.3 Å². The second kappa shape index (κ2) is 3.81. The van der Waals surface area contributed by atoms with Crippen LogP contribution in [-0.4, -0.2) is 9.78 Å². The van der Waals surface area contributed by atoms with Gasteiger partial charge in [-0.25, -0.2) is 4.68 Å². The average molecular weight is 248 g/mol. The molecule has 0 spiro atoms. The number of rotatable bonds is 2. The van der Waals surface area contributed by atoms with Crippen molar-refractivity contribution in [1.29, 1.82) is 0 Å². The van der Waals surface area contributed by atoms with Crippen LogP contribution in [0.25, 0.3) is 0 Å². The largest absolute Gasteiger partial charge is 0.384 e. The van der Waals surface area contributed by atoms with Crippen LogP contribution in [0.1, 0.15) is 5.56 Å². The lowest BCUT2D eigenvalue weighted by atomic mass is 10.3. The summed E-state index contributed by atoms with van der Waals surface area (Å²) in [4.78, 5) is 0. The summed E-state index contributed by atoms with van der Waals surface area (Å²) in [6, 6.07) is 3.57. The molecule has 0 aliphatic carbocycles. The van der Waals surface area contributed by atoms with Crippen LogP contribution in [0.15, 0.2) is 18.3 Å². The summed E-state index contributed by atoms with van der Waals surface area (Å²) >= 11 is 13.1. The molecule has 6 heteroatoms. The standard InChI is InChI=1S/C8H7Cl2N3S/c9-6-3-5(8(10)14-6)4-13-7(11)1-2-12-13/h1-3H,4,11H2. The first kappa shape index (κ1) is 9.83. The predicted octanol–water partition coefficient (Wildman–Crippen LogP) is 2.88. The lowest BCUT2D eigenvalue weighted by Gasteiger charge is -2.01. The smallest absolute Gasteiger partial charge is 0.122 e. The topological polar surface area (TPSA) is 43.8 Å². The highest BCUT2D eigenvalue weighted by atomic mass is 35.5. The molecular formula is C8H7Cl2N3S. The second-order valence-corrected chi connectivity index (χ2v) is 5.05. The molecule has 2 rings (SSSR count). The lowest BCUT2D eigenvalue weighted by molar-refractivity contribution is 0.699. The number of nitrogens with zero attached hydrogens (tertiary/aromatic N) is 2. The minimum absolute atomic E-state index is 0.556. The molecule has 0 fully saturated rings. The van der Waals surface area contributed by atoms with Gasteiger partial charge in [0.15, 0.2) is 0 Å². The molecule has 0 radical (unpaired) electrons. The van der Waals surface area contributed by atoms with E-state index in [1.165, 1.54) is 11.3 Å². The molecule has 0 aliphatic heterocycles. The van der Waals surface area contributed by atoms with Crippen LogP contribution in [-0.2, 0) is 6.54 Å². The van der Waals surface area contributed by atoms with E-state index in [4.69, 9.17) is 28.9 Å². The average Bonchev–Trinajstić information content (AvgIpc) is 2.62. The molecule has 0 bridgehead atoms.